The van der Waals surface area contributed by atoms with E-state index in [-0.39, 0.29) is 0 Å². The first kappa shape index (κ1) is 10.6. The number of benzene rings is 1. The Morgan fingerprint density at radius 1 is 1.21 bits per heavy atom. The molecule has 94 valence electrons. The van der Waals surface area contributed by atoms with Crippen LogP contribution < -0.4 is 5.32 Å². The Bertz CT molecular complexity index is 758. The fraction of sp³-hybridized carbons (Fsp3) is 0.188. The van der Waals surface area contributed by atoms with E-state index in [9.17, 15) is 0 Å². The van der Waals surface area contributed by atoms with Gasteiger partial charge in [0.05, 0.1) is 17.4 Å². The van der Waals surface area contributed by atoms with Crippen LogP contribution in [0.1, 0.15) is 24.9 Å². The molecule has 3 heterocycles. The van der Waals surface area contributed by atoms with Gasteiger partial charge in [0.2, 0.25) is 0 Å². The Kier molecular flexibility index (Phi) is 2.15. The second kappa shape index (κ2) is 3.85. The van der Waals surface area contributed by atoms with Crippen LogP contribution in [0.5, 0.6) is 0 Å². The van der Waals surface area contributed by atoms with Crippen molar-refractivity contribution in [3.63, 3.8) is 0 Å². The number of nitrogens with zero attached hydrogens (tertiary/aromatic N) is 1. The number of H-pyrrole nitrogens is 1. The molecule has 0 bridgehead atoms. The number of rotatable bonds is 1. The lowest BCUT2D eigenvalue weighted by Crippen LogP contribution is -2.08. The van der Waals surface area contributed by atoms with Crippen LogP contribution >= 0.6 is 0 Å². The summed E-state index contributed by atoms with van der Waals surface area (Å²) >= 11 is 0. The molecular formula is C16H15N3. The molecule has 1 aliphatic heterocycles. The first-order valence-corrected chi connectivity index (χ1v) is 6.70. The third-order valence-electron chi connectivity index (χ3n) is 3.91. The molecule has 1 aromatic carbocycles. The third kappa shape index (κ3) is 1.41. The Morgan fingerprint density at radius 3 is 3.05 bits per heavy atom. The van der Waals surface area contributed by atoms with E-state index in [1.165, 1.54) is 22.0 Å². The standard InChI is InChI=1S/C16H15N3/c1-2-12-11-9-18-13-6-3-5-10(15(11)13)16-14(19-12)7-4-8-17-16/h3-9,12,18-19H,2H2,1H3. The van der Waals surface area contributed by atoms with Gasteiger partial charge >= 0.3 is 0 Å². The van der Waals surface area contributed by atoms with E-state index in [4.69, 9.17) is 0 Å². The van der Waals surface area contributed by atoms with Gasteiger partial charge < -0.3 is 10.3 Å². The van der Waals surface area contributed by atoms with Crippen molar-refractivity contribution in [2.24, 2.45) is 0 Å². The van der Waals surface area contributed by atoms with Gasteiger partial charge in [-0.25, -0.2) is 0 Å². The maximum atomic E-state index is 4.58. The lowest BCUT2D eigenvalue weighted by Gasteiger charge is -2.16. The molecule has 0 aliphatic carbocycles. The van der Waals surface area contributed by atoms with Crippen LogP contribution in [0.2, 0.25) is 0 Å². The van der Waals surface area contributed by atoms with E-state index in [2.05, 4.69) is 52.7 Å². The van der Waals surface area contributed by atoms with Crippen molar-refractivity contribution >= 4 is 16.6 Å². The second-order valence-corrected chi connectivity index (χ2v) is 4.98. The van der Waals surface area contributed by atoms with Crippen LogP contribution in [0.4, 0.5) is 5.69 Å². The number of nitrogens with one attached hydrogen (secondary N) is 2. The van der Waals surface area contributed by atoms with Crippen molar-refractivity contribution < 1.29 is 0 Å². The van der Waals surface area contributed by atoms with Crippen molar-refractivity contribution in [2.45, 2.75) is 19.4 Å². The van der Waals surface area contributed by atoms with Crippen molar-refractivity contribution in [3.8, 4) is 11.3 Å². The van der Waals surface area contributed by atoms with Gasteiger partial charge in [-0.15, -0.1) is 0 Å². The first-order chi connectivity index (χ1) is 9.38. The molecular weight excluding hydrogens is 234 g/mol. The van der Waals surface area contributed by atoms with Crippen molar-refractivity contribution in [1.82, 2.24) is 9.97 Å². The van der Waals surface area contributed by atoms with E-state index < -0.39 is 0 Å². The Morgan fingerprint density at radius 2 is 2.16 bits per heavy atom. The zero-order chi connectivity index (χ0) is 12.8. The normalized spacial score (nSPS) is 16.8. The van der Waals surface area contributed by atoms with Gasteiger partial charge in [0.25, 0.3) is 0 Å². The van der Waals surface area contributed by atoms with E-state index in [0.29, 0.717) is 6.04 Å². The number of aromatic amines is 1. The van der Waals surface area contributed by atoms with Gasteiger partial charge in [0, 0.05) is 34.4 Å². The number of hydrogen-bond acceptors (Lipinski definition) is 2. The smallest absolute Gasteiger partial charge is 0.0940 e. The predicted molar refractivity (Wildman–Crippen MR) is 78.2 cm³/mol. The molecule has 1 atom stereocenters. The van der Waals surface area contributed by atoms with Gasteiger partial charge in [-0.3, -0.25) is 4.98 Å². The lowest BCUT2D eigenvalue weighted by molar-refractivity contribution is 0.757. The van der Waals surface area contributed by atoms with Gasteiger partial charge in [-0.1, -0.05) is 19.1 Å². The second-order valence-electron chi connectivity index (χ2n) is 4.98. The SMILES string of the molecule is CCC1Nc2cccnc2-c2cccc3[nH]cc1c23. The number of pyridine rings is 1. The molecule has 1 unspecified atom stereocenters. The summed E-state index contributed by atoms with van der Waals surface area (Å²) in [6.45, 7) is 2.21. The molecule has 2 aromatic heterocycles. The molecule has 0 saturated carbocycles. The largest absolute Gasteiger partial charge is 0.376 e. The molecule has 4 rings (SSSR count). The molecule has 0 spiro atoms. The minimum Gasteiger partial charge on any atom is -0.376 e. The average molecular weight is 249 g/mol. The summed E-state index contributed by atoms with van der Waals surface area (Å²) in [5.74, 6) is 0. The zero-order valence-electron chi connectivity index (χ0n) is 10.8. The Balaban J connectivity index is 2.14. The highest BCUT2D eigenvalue weighted by atomic mass is 15.0. The highest BCUT2D eigenvalue weighted by Crippen LogP contribution is 2.41. The number of aromatic nitrogens is 2. The number of hydrogen-bond donors (Lipinski definition) is 2. The molecule has 1 aliphatic rings. The molecule has 0 fully saturated rings. The first-order valence-electron chi connectivity index (χ1n) is 6.70. The Hall–Kier alpha value is -2.29. The van der Waals surface area contributed by atoms with Gasteiger partial charge in [0.15, 0.2) is 0 Å². The molecule has 2 N–H and O–H groups in total. The molecule has 0 saturated heterocycles. The molecule has 0 radical (unpaired) electrons. The van der Waals surface area contributed by atoms with Gasteiger partial charge in [0.1, 0.15) is 0 Å². The van der Waals surface area contributed by atoms with Crippen LogP contribution in [0.15, 0.2) is 42.7 Å². The monoisotopic (exact) mass is 249 g/mol. The summed E-state index contributed by atoms with van der Waals surface area (Å²) in [4.78, 5) is 7.95. The van der Waals surface area contributed by atoms with Crippen molar-refractivity contribution in [1.29, 1.82) is 0 Å². The van der Waals surface area contributed by atoms with E-state index in [0.717, 1.165) is 17.8 Å². The average Bonchev–Trinajstić information content (AvgIpc) is 2.83. The molecule has 3 aromatic rings. The lowest BCUT2D eigenvalue weighted by atomic mass is 10.00. The van der Waals surface area contributed by atoms with E-state index >= 15 is 0 Å². The number of anilines is 1. The van der Waals surface area contributed by atoms with Crippen LogP contribution in [0, 0.1) is 0 Å². The number of fused-ring (bicyclic) bond motifs is 2. The van der Waals surface area contributed by atoms with Gasteiger partial charge in [-0.2, -0.15) is 0 Å². The maximum absolute atomic E-state index is 4.58. The Labute approximate surface area is 111 Å². The molecule has 3 nitrogen and oxygen atoms in total. The van der Waals surface area contributed by atoms with Crippen LogP contribution in [-0.4, -0.2) is 9.97 Å². The fourth-order valence-corrected chi connectivity index (χ4v) is 3.01. The fourth-order valence-electron chi connectivity index (χ4n) is 3.01. The quantitative estimate of drug-likeness (QED) is 0.681. The third-order valence-corrected chi connectivity index (χ3v) is 3.91. The van der Waals surface area contributed by atoms with Gasteiger partial charge in [-0.05, 0) is 24.6 Å². The van der Waals surface area contributed by atoms with E-state index in [1.807, 2.05) is 12.3 Å². The highest BCUT2D eigenvalue weighted by Gasteiger charge is 2.23. The van der Waals surface area contributed by atoms with Crippen LogP contribution in [-0.2, 0) is 0 Å². The predicted octanol–water partition coefficient (Wildman–Crippen LogP) is 4.11. The van der Waals surface area contributed by atoms with Crippen molar-refractivity contribution in [2.75, 3.05) is 5.32 Å². The van der Waals surface area contributed by atoms with Crippen molar-refractivity contribution in [3.05, 3.63) is 48.3 Å². The summed E-state index contributed by atoms with van der Waals surface area (Å²) in [5.41, 5.74) is 5.91. The summed E-state index contributed by atoms with van der Waals surface area (Å²) in [6.07, 6.45) is 5.04. The summed E-state index contributed by atoms with van der Waals surface area (Å²) in [5, 5.41) is 4.92. The summed E-state index contributed by atoms with van der Waals surface area (Å²) < 4.78 is 0. The molecule has 0 amide bonds. The zero-order valence-corrected chi connectivity index (χ0v) is 10.8. The van der Waals surface area contributed by atoms with Crippen LogP contribution in [0.25, 0.3) is 22.2 Å². The van der Waals surface area contributed by atoms with E-state index in [1.54, 1.807) is 0 Å². The molecule has 19 heavy (non-hydrogen) atoms. The molecule has 3 heteroatoms. The minimum absolute atomic E-state index is 0.334. The summed E-state index contributed by atoms with van der Waals surface area (Å²) in [6, 6.07) is 10.8. The minimum atomic E-state index is 0.334. The highest BCUT2D eigenvalue weighted by molar-refractivity contribution is 6.01. The van der Waals surface area contributed by atoms with Crippen LogP contribution in [0.3, 0.4) is 0 Å². The summed E-state index contributed by atoms with van der Waals surface area (Å²) in [7, 11) is 0. The maximum Gasteiger partial charge on any atom is 0.0940 e. The topological polar surface area (TPSA) is 40.7 Å².